The van der Waals surface area contributed by atoms with Crippen LogP contribution in [0.3, 0.4) is 0 Å². The number of hydrogen-bond donors (Lipinski definition) is 1. The Hall–Kier alpha value is -2.86. The third-order valence-corrected chi connectivity index (χ3v) is 4.94. The summed E-state index contributed by atoms with van der Waals surface area (Å²) in [5.41, 5.74) is 0.538. The van der Waals surface area contributed by atoms with Gasteiger partial charge in [0.1, 0.15) is 10.6 Å². The second kappa shape index (κ2) is 6.94. The van der Waals surface area contributed by atoms with Crippen LogP contribution < -0.4 is 9.50 Å². The zero-order valence-corrected chi connectivity index (χ0v) is 14.4. The molecule has 0 fully saturated rings. The van der Waals surface area contributed by atoms with Crippen molar-refractivity contribution in [3.05, 3.63) is 66.7 Å². The summed E-state index contributed by atoms with van der Waals surface area (Å²) in [7, 11) is -3.95. The van der Waals surface area contributed by atoms with E-state index < -0.39 is 10.1 Å². The van der Waals surface area contributed by atoms with Crippen molar-refractivity contribution in [1.29, 1.82) is 0 Å². The van der Waals surface area contributed by atoms with E-state index in [4.69, 9.17) is 4.18 Å². The Morgan fingerprint density at radius 1 is 0.960 bits per heavy atom. The first-order chi connectivity index (χ1) is 12.0. The summed E-state index contributed by atoms with van der Waals surface area (Å²) in [5.74, 6) is 0.116. The zero-order valence-electron chi connectivity index (χ0n) is 13.6. The van der Waals surface area contributed by atoms with Gasteiger partial charge in [0, 0.05) is 12.1 Å². The molecule has 6 heteroatoms. The molecule has 0 unspecified atom stereocenters. The Labute approximate surface area is 146 Å². The standard InChI is InChI=1S/C19H17NO4S/c1-2-19(21)20-16-8-11-18(12-9-16)25(22,23)24-17-10-7-14-5-3-4-6-15(14)13-17/h3-13H,2H2,1H3,(H,20,21). The van der Waals surface area contributed by atoms with E-state index >= 15 is 0 Å². The van der Waals surface area contributed by atoms with Crippen LogP contribution in [0.4, 0.5) is 5.69 Å². The molecule has 0 aliphatic heterocycles. The van der Waals surface area contributed by atoms with Gasteiger partial charge in [-0.1, -0.05) is 37.3 Å². The van der Waals surface area contributed by atoms with Crippen molar-refractivity contribution in [3.8, 4) is 5.75 Å². The van der Waals surface area contributed by atoms with Gasteiger partial charge in [-0.3, -0.25) is 4.79 Å². The van der Waals surface area contributed by atoms with E-state index in [2.05, 4.69) is 5.32 Å². The maximum atomic E-state index is 12.4. The molecule has 0 saturated heterocycles. The van der Waals surface area contributed by atoms with Gasteiger partial charge in [-0.05, 0) is 47.2 Å². The first-order valence-corrected chi connectivity index (χ1v) is 9.22. The van der Waals surface area contributed by atoms with E-state index in [0.717, 1.165) is 10.8 Å². The number of nitrogens with one attached hydrogen (secondary N) is 1. The smallest absolute Gasteiger partial charge is 0.339 e. The number of benzene rings is 3. The van der Waals surface area contributed by atoms with Gasteiger partial charge in [-0.2, -0.15) is 8.42 Å². The molecule has 1 N–H and O–H groups in total. The van der Waals surface area contributed by atoms with Crippen LogP contribution in [-0.2, 0) is 14.9 Å². The molecule has 0 aliphatic rings. The Morgan fingerprint density at radius 2 is 1.64 bits per heavy atom. The summed E-state index contributed by atoms with van der Waals surface area (Å²) in [6.07, 6.45) is 0.352. The van der Waals surface area contributed by atoms with Crippen LogP contribution in [0.5, 0.6) is 5.75 Å². The molecule has 0 bridgehead atoms. The number of carbonyl (C=O) groups is 1. The van der Waals surface area contributed by atoms with E-state index in [1.54, 1.807) is 19.1 Å². The van der Waals surface area contributed by atoms with Crippen LogP contribution in [0.25, 0.3) is 10.8 Å². The highest BCUT2D eigenvalue weighted by Crippen LogP contribution is 2.24. The minimum Gasteiger partial charge on any atom is -0.379 e. The maximum Gasteiger partial charge on any atom is 0.339 e. The predicted octanol–water partition coefficient (Wildman–Crippen LogP) is 3.96. The molecule has 0 heterocycles. The Kier molecular flexibility index (Phi) is 4.72. The second-order valence-electron chi connectivity index (χ2n) is 5.47. The maximum absolute atomic E-state index is 12.4. The quantitative estimate of drug-likeness (QED) is 0.703. The van der Waals surface area contributed by atoms with E-state index in [0.29, 0.717) is 12.1 Å². The molecule has 0 saturated carbocycles. The average molecular weight is 355 g/mol. The van der Waals surface area contributed by atoms with E-state index in [-0.39, 0.29) is 16.6 Å². The summed E-state index contributed by atoms with van der Waals surface area (Å²) in [6.45, 7) is 1.74. The fourth-order valence-corrected chi connectivity index (χ4v) is 3.27. The van der Waals surface area contributed by atoms with Gasteiger partial charge in [0.15, 0.2) is 0 Å². The highest BCUT2D eigenvalue weighted by molar-refractivity contribution is 7.87. The number of fused-ring (bicyclic) bond motifs is 1. The largest absolute Gasteiger partial charge is 0.379 e. The van der Waals surface area contributed by atoms with Crippen molar-refractivity contribution >= 4 is 32.5 Å². The van der Waals surface area contributed by atoms with Crippen molar-refractivity contribution in [2.45, 2.75) is 18.2 Å². The number of rotatable bonds is 5. The van der Waals surface area contributed by atoms with Crippen molar-refractivity contribution < 1.29 is 17.4 Å². The highest BCUT2D eigenvalue weighted by atomic mass is 32.2. The van der Waals surface area contributed by atoms with Crippen LogP contribution in [0.2, 0.25) is 0 Å². The first-order valence-electron chi connectivity index (χ1n) is 7.81. The van der Waals surface area contributed by atoms with Crippen molar-refractivity contribution in [3.63, 3.8) is 0 Å². The summed E-state index contributed by atoms with van der Waals surface area (Å²) in [6, 6.07) is 18.6. The van der Waals surface area contributed by atoms with Gasteiger partial charge in [-0.25, -0.2) is 0 Å². The van der Waals surface area contributed by atoms with Crippen molar-refractivity contribution in [2.24, 2.45) is 0 Å². The van der Waals surface area contributed by atoms with Gasteiger partial charge in [0.05, 0.1) is 0 Å². The average Bonchev–Trinajstić information content (AvgIpc) is 2.61. The fraction of sp³-hybridized carbons (Fsp3) is 0.105. The van der Waals surface area contributed by atoms with Gasteiger partial charge in [-0.15, -0.1) is 0 Å². The number of carbonyl (C=O) groups excluding carboxylic acids is 1. The third-order valence-electron chi connectivity index (χ3n) is 3.67. The Bertz CT molecular complexity index is 1010. The summed E-state index contributed by atoms with van der Waals surface area (Å²) in [5, 5.41) is 4.56. The number of anilines is 1. The summed E-state index contributed by atoms with van der Waals surface area (Å²) in [4.78, 5) is 11.4. The van der Waals surface area contributed by atoms with Crippen molar-refractivity contribution in [1.82, 2.24) is 0 Å². The SMILES string of the molecule is CCC(=O)Nc1ccc(S(=O)(=O)Oc2ccc3ccccc3c2)cc1. The molecule has 0 radical (unpaired) electrons. The molecule has 0 aliphatic carbocycles. The second-order valence-corrected chi connectivity index (χ2v) is 7.02. The van der Waals surface area contributed by atoms with Crippen LogP contribution in [0.1, 0.15) is 13.3 Å². The van der Waals surface area contributed by atoms with Crippen LogP contribution >= 0.6 is 0 Å². The van der Waals surface area contributed by atoms with Crippen LogP contribution in [0, 0.1) is 0 Å². The first kappa shape index (κ1) is 17.0. The Morgan fingerprint density at radius 3 is 2.32 bits per heavy atom. The van der Waals surface area contributed by atoms with E-state index in [9.17, 15) is 13.2 Å². The lowest BCUT2D eigenvalue weighted by Gasteiger charge is -2.09. The summed E-state index contributed by atoms with van der Waals surface area (Å²) >= 11 is 0. The topological polar surface area (TPSA) is 72.5 Å². The number of amides is 1. The number of hydrogen-bond acceptors (Lipinski definition) is 4. The lowest BCUT2D eigenvalue weighted by Crippen LogP contribution is -2.11. The molecular formula is C19H17NO4S. The van der Waals surface area contributed by atoms with Gasteiger partial charge in [0.25, 0.3) is 0 Å². The molecule has 1 amide bonds. The highest BCUT2D eigenvalue weighted by Gasteiger charge is 2.17. The molecule has 128 valence electrons. The molecule has 0 atom stereocenters. The normalized spacial score (nSPS) is 11.2. The fourth-order valence-electron chi connectivity index (χ4n) is 2.35. The van der Waals surface area contributed by atoms with E-state index in [1.165, 1.54) is 24.3 Å². The molecule has 3 aromatic rings. The monoisotopic (exact) mass is 355 g/mol. The lowest BCUT2D eigenvalue weighted by molar-refractivity contribution is -0.115. The van der Waals surface area contributed by atoms with E-state index in [1.807, 2.05) is 30.3 Å². The molecule has 5 nitrogen and oxygen atoms in total. The lowest BCUT2D eigenvalue weighted by atomic mass is 10.1. The van der Waals surface area contributed by atoms with Crippen LogP contribution in [0.15, 0.2) is 71.6 Å². The third kappa shape index (κ3) is 3.97. The molecule has 25 heavy (non-hydrogen) atoms. The summed E-state index contributed by atoms with van der Waals surface area (Å²) < 4.78 is 30.1. The Balaban J connectivity index is 1.81. The van der Waals surface area contributed by atoms with Gasteiger partial charge in [0.2, 0.25) is 5.91 Å². The molecule has 0 aromatic heterocycles. The van der Waals surface area contributed by atoms with Gasteiger partial charge >= 0.3 is 10.1 Å². The molecule has 0 spiro atoms. The zero-order chi connectivity index (χ0) is 17.9. The molecule has 3 aromatic carbocycles. The van der Waals surface area contributed by atoms with Gasteiger partial charge < -0.3 is 9.50 Å². The minimum atomic E-state index is -3.95. The van der Waals surface area contributed by atoms with Crippen molar-refractivity contribution in [2.75, 3.05) is 5.32 Å². The molecule has 3 rings (SSSR count). The minimum absolute atomic E-state index is 0.0233. The predicted molar refractivity (Wildman–Crippen MR) is 97.1 cm³/mol. The van der Waals surface area contributed by atoms with Crippen LogP contribution in [-0.4, -0.2) is 14.3 Å². The molecular weight excluding hydrogens is 338 g/mol.